The summed E-state index contributed by atoms with van der Waals surface area (Å²) < 4.78 is 42.3. The van der Waals surface area contributed by atoms with Crippen molar-refractivity contribution in [3.8, 4) is 0 Å². The highest BCUT2D eigenvalue weighted by molar-refractivity contribution is 5.89. The van der Waals surface area contributed by atoms with E-state index < -0.39 is 107 Å². The summed E-state index contributed by atoms with van der Waals surface area (Å²) in [4.78, 5) is 64.3. The topological polar surface area (TPSA) is 177 Å². The Morgan fingerprint density at radius 3 is 2.09 bits per heavy atom. The van der Waals surface area contributed by atoms with Crippen molar-refractivity contribution in [2.45, 2.75) is 141 Å². The normalized spacial score (nSPS) is 47.7. The molecule has 3 aliphatic heterocycles. The highest BCUT2D eigenvalue weighted by Crippen LogP contribution is 2.69. The first-order valence-corrected chi connectivity index (χ1v) is 14.9. The molecular formula is C30H42O13. The maximum Gasteiger partial charge on any atom is 0.342 e. The van der Waals surface area contributed by atoms with Crippen LogP contribution in [-0.2, 0) is 57.1 Å². The molecule has 2 aliphatic carbocycles. The van der Waals surface area contributed by atoms with Crippen LogP contribution in [0.2, 0.25) is 0 Å². The van der Waals surface area contributed by atoms with E-state index in [0.717, 1.165) is 0 Å². The van der Waals surface area contributed by atoms with Crippen LogP contribution in [0.3, 0.4) is 0 Å². The smallest absolute Gasteiger partial charge is 0.342 e. The Morgan fingerprint density at radius 1 is 0.930 bits per heavy atom. The molecule has 0 amide bonds. The maximum atomic E-state index is 13.3. The molecule has 13 nitrogen and oxygen atoms in total. The summed E-state index contributed by atoms with van der Waals surface area (Å²) in [5.74, 6) is -4.89. The first-order chi connectivity index (χ1) is 20.0. The van der Waals surface area contributed by atoms with Gasteiger partial charge in [-0.15, -0.1) is 0 Å². The zero-order valence-corrected chi connectivity index (χ0v) is 25.9. The Bertz CT molecular complexity index is 1220. The van der Waals surface area contributed by atoms with E-state index in [4.69, 9.17) is 33.2 Å². The van der Waals surface area contributed by atoms with Crippen molar-refractivity contribution in [1.29, 1.82) is 0 Å². The van der Waals surface area contributed by atoms with Gasteiger partial charge in [-0.25, -0.2) is 4.79 Å². The SMILES string of the molecule is CCCC(=O)OC1CC2(C)OC2C2OC(=O)C3(C)OC23C(OC(C)=O)C2C(C)C(O)CC(OC(C)=O)C2(C)C1OC(C)=O. The van der Waals surface area contributed by atoms with Crippen LogP contribution in [0.5, 0.6) is 0 Å². The molecule has 1 spiro atoms. The third-order valence-corrected chi connectivity index (χ3v) is 10.3. The molecular weight excluding hydrogens is 568 g/mol. The standard InChI is InChI=1S/C30H42O13/c1-9-10-20(35)40-18-12-27(6)24(42-27)25-30(29(8,43-30)26(36)41-25)23(39-16(5)33)21-13(2)17(34)11-19(37-14(3)31)28(21,7)22(18)38-15(4)32/h13,17-19,21-25,34H,9-12H2,1-8H3. The van der Waals surface area contributed by atoms with E-state index in [0.29, 0.717) is 6.42 Å². The molecule has 0 aromatic rings. The van der Waals surface area contributed by atoms with Crippen molar-refractivity contribution >= 4 is 29.8 Å². The summed E-state index contributed by atoms with van der Waals surface area (Å²) in [6.45, 7) is 12.2. The predicted molar refractivity (Wildman–Crippen MR) is 143 cm³/mol. The van der Waals surface area contributed by atoms with E-state index in [9.17, 15) is 29.1 Å². The second kappa shape index (κ2) is 10.4. The highest BCUT2D eigenvalue weighted by Gasteiger charge is 2.91. The lowest BCUT2D eigenvalue weighted by molar-refractivity contribution is -0.248. The predicted octanol–water partition coefficient (Wildman–Crippen LogP) is 1.53. The molecule has 0 aromatic heterocycles. The zero-order valence-electron chi connectivity index (χ0n) is 25.9. The van der Waals surface area contributed by atoms with Crippen molar-refractivity contribution in [2.24, 2.45) is 17.3 Å². The zero-order chi connectivity index (χ0) is 31.9. The number of hydrogen-bond acceptors (Lipinski definition) is 13. The van der Waals surface area contributed by atoms with Crippen LogP contribution in [0, 0.1) is 17.3 Å². The molecule has 13 unspecified atom stereocenters. The number of ether oxygens (including phenoxy) is 7. The lowest BCUT2D eigenvalue weighted by Crippen LogP contribution is -2.69. The van der Waals surface area contributed by atoms with Gasteiger partial charge in [0.1, 0.15) is 30.5 Å². The fourth-order valence-electron chi connectivity index (χ4n) is 8.23. The Labute approximate surface area is 250 Å². The number of hydrogen-bond donors (Lipinski definition) is 1. The van der Waals surface area contributed by atoms with Crippen LogP contribution in [0.25, 0.3) is 0 Å². The molecule has 0 radical (unpaired) electrons. The second-order valence-electron chi connectivity index (χ2n) is 13.3. The van der Waals surface area contributed by atoms with Gasteiger partial charge in [0, 0.05) is 46.0 Å². The summed E-state index contributed by atoms with van der Waals surface area (Å²) in [5, 5.41) is 11.4. The summed E-state index contributed by atoms with van der Waals surface area (Å²) in [5.41, 5.74) is -5.51. The second-order valence-corrected chi connectivity index (χ2v) is 13.3. The van der Waals surface area contributed by atoms with Gasteiger partial charge < -0.3 is 38.3 Å². The first-order valence-electron chi connectivity index (χ1n) is 14.9. The molecule has 1 N–H and O–H groups in total. The number of fused-ring (bicyclic) bond motifs is 3. The number of esters is 5. The third kappa shape index (κ3) is 4.73. The van der Waals surface area contributed by atoms with E-state index in [1.165, 1.54) is 20.8 Å². The van der Waals surface area contributed by atoms with Crippen LogP contribution >= 0.6 is 0 Å². The largest absolute Gasteiger partial charge is 0.462 e. The van der Waals surface area contributed by atoms with Crippen LogP contribution in [0.1, 0.15) is 81.1 Å². The summed E-state index contributed by atoms with van der Waals surface area (Å²) in [7, 11) is 0. The minimum atomic E-state index is -1.53. The lowest BCUT2D eigenvalue weighted by atomic mass is 9.52. The Kier molecular flexibility index (Phi) is 7.66. The molecule has 240 valence electrons. The quantitative estimate of drug-likeness (QED) is 0.260. The fourth-order valence-corrected chi connectivity index (χ4v) is 8.23. The minimum Gasteiger partial charge on any atom is -0.462 e. The number of rotatable bonds is 6. The highest BCUT2D eigenvalue weighted by atomic mass is 16.8. The van der Waals surface area contributed by atoms with E-state index in [1.807, 2.05) is 6.92 Å². The molecule has 3 saturated heterocycles. The number of carbonyl (C=O) groups is 5. The van der Waals surface area contributed by atoms with Crippen molar-refractivity contribution in [2.75, 3.05) is 0 Å². The average molecular weight is 611 g/mol. The van der Waals surface area contributed by atoms with Crippen molar-refractivity contribution < 1.29 is 62.2 Å². The Balaban J connectivity index is 1.78. The summed E-state index contributed by atoms with van der Waals surface area (Å²) in [6.07, 6.45) is -6.96. The van der Waals surface area contributed by atoms with Gasteiger partial charge in [-0.1, -0.05) is 20.8 Å². The van der Waals surface area contributed by atoms with Gasteiger partial charge in [-0.3, -0.25) is 19.2 Å². The van der Waals surface area contributed by atoms with Crippen LogP contribution in [-0.4, -0.2) is 94.5 Å². The first kappa shape index (κ1) is 31.6. The summed E-state index contributed by atoms with van der Waals surface area (Å²) >= 11 is 0. The number of aliphatic hydroxyl groups excluding tert-OH is 1. The van der Waals surface area contributed by atoms with Gasteiger partial charge >= 0.3 is 29.8 Å². The van der Waals surface area contributed by atoms with Gasteiger partial charge in [0.15, 0.2) is 17.3 Å². The van der Waals surface area contributed by atoms with Gasteiger partial charge in [0.25, 0.3) is 0 Å². The van der Waals surface area contributed by atoms with Gasteiger partial charge in [-0.05, 0) is 26.2 Å². The molecule has 13 heteroatoms. The molecule has 13 atom stereocenters. The molecule has 0 bridgehead atoms. The van der Waals surface area contributed by atoms with E-state index in [-0.39, 0.29) is 19.3 Å². The van der Waals surface area contributed by atoms with Crippen LogP contribution in [0.15, 0.2) is 0 Å². The number of carbonyl (C=O) groups excluding carboxylic acids is 5. The lowest BCUT2D eigenvalue weighted by Gasteiger charge is -2.57. The molecule has 43 heavy (non-hydrogen) atoms. The molecule has 3 heterocycles. The van der Waals surface area contributed by atoms with Crippen molar-refractivity contribution in [3.63, 3.8) is 0 Å². The van der Waals surface area contributed by atoms with Gasteiger partial charge in [0.05, 0.1) is 17.1 Å². The fraction of sp³-hybridized carbons (Fsp3) is 0.833. The molecule has 5 fully saturated rings. The Morgan fingerprint density at radius 2 is 1.53 bits per heavy atom. The van der Waals surface area contributed by atoms with Crippen molar-refractivity contribution in [1.82, 2.24) is 0 Å². The molecule has 2 saturated carbocycles. The average Bonchev–Trinajstić information content (AvgIpc) is 3.72. The van der Waals surface area contributed by atoms with Gasteiger partial charge in [0.2, 0.25) is 0 Å². The molecule has 5 rings (SSSR count). The Hall–Kier alpha value is -2.77. The van der Waals surface area contributed by atoms with Crippen LogP contribution < -0.4 is 0 Å². The van der Waals surface area contributed by atoms with Crippen LogP contribution in [0.4, 0.5) is 0 Å². The van der Waals surface area contributed by atoms with Gasteiger partial charge in [-0.2, -0.15) is 0 Å². The van der Waals surface area contributed by atoms with E-state index in [1.54, 1.807) is 27.7 Å². The van der Waals surface area contributed by atoms with E-state index in [2.05, 4.69) is 0 Å². The van der Waals surface area contributed by atoms with E-state index >= 15 is 0 Å². The maximum absolute atomic E-state index is 13.3. The number of epoxide rings is 2. The number of aliphatic hydroxyl groups is 1. The summed E-state index contributed by atoms with van der Waals surface area (Å²) in [6, 6.07) is 0. The van der Waals surface area contributed by atoms with Crippen molar-refractivity contribution in [3.05, 3.63) is 0 Å². The molecule has 5 aliphatic rings. The monoisotopic (exact) mass is 610 g/mol. The molecule has 0 aromatic carbocycles. The third-order valence-electron chi connectivity index (χ3n) is 10.3. The minimum absolute atomic E-state index is 0.0379.